The smallest absolute Gasteiger partial charge is 0.206 e. The van der Waals surface area contributed by atoms with Crippen LogP contribution in [0.3, 0.4) is 0 Å². The zero-order valence-electron chi connectivity index (χ0n) is 11.5. The predicted molar refractivity (Wildman–Crippen MR) is 77.1 cm³/mol. The molecule has 18 heavy (non-hydrogen) atoms. The number of hydrogen-bond acceptors (Lipinski definition) is 3. The van der Waals surface area contributed by atoms with Crippen molar-refractivity contribution in [2.75, 3.05) is 25.0 Å². The van der Waals surface area contributed by atoms with Crippen LogP contribution < -0.4 is 10.6 Å². The van der Waals surface area contributed by atoms with Gasteiger partial charge < -0.3 is 15.2 Å². The summed E-state index contributed by atoms with van der Waals surface area (Å²) in [6, 6.07) is 6.39. The average molecular weight is 246 g/mol. The van der Waals surface area contributed by atoms with E-state index in [0.29, 0.717) is 6.54 Å². The standard InChI is InChI=1S/C14H22N4/c1-4-8-17(3)14-16-12-10-11(2)5-6-13(12)18(14)9-7-15/h5-6,10H,4,7-9,15H2,1-3H3. The fraction of sp³-hybridized carbons (Fsp3) is 0.500. The number of nitrogens with two attached hydrogens (primary N) is 1. The first-order valence-corrected chi connectivity index (χ1v) is 6.55. The highest BCUT2D eigenvalue weighted by atomic mass is 15.3. The number of nitrogens with zero attached hydrogens (tertiary/aromatic N) is 3. The minimum Gasteiger partial charge on any atom is -0.345 e. The van der Waals surface area contributed by atoms with E-state index in [9.17, 15) is 0 Å². The van der Waals surface area contributed by atoms with Gasteiger partial charge in [-0.15, -0.1) is 0 Å². The molecule has 0 saturated carbocycles. The Balaban J connectivity index is 2.53. The summed E-state index contributed by atoms with van der Waals surface area (Å²) >= 11 is 0. The van der Waals surface area contributed by atoms with E-state index >= 15 is 0 Å². The number of aromatic nitrogens is 2. The maximum absolute atomic E-state index is 5.72. The average Bonchev–Trinajstić information content (AvgIpc) is 2.68. The molecule has 2 rings (SSSR count). The van der Waals surface area contributed by atoms with E-state index in [2.05, 4.69) is 48.6 Å². The molecule has 2 N–H and O–H groups in total. The van der Waals surface area contributed by atoms with Crippen molar-refractivity contribution in [2.45, 2.75) is 26.8 Å². The third kappa shape index (κ3) is 2.34. The largest absolute Gasteiger partial charge is 0.345 e. The Morgan fingerprint density at radius 1 is 1.39 bits per heavy atom. The van der Waals surface area contributed by atoms with Gasteiger partial charge in [0.05, 0.1) is 11.0 Å². The Bertz CT molecular complexity index is 530. The minimum atomic E-state index is 0.631. The monoisotopic (exact) mass is 246 g/mol. The quantitative estimate of drug-likeness (QED) is 0.879. The number of benzene rings is 1. The molecule has 1 aromatic carbocycles. The summed E-state index contributed by atoms with van der Waals surface area (Å²) in [6.45, 7) is 6.72. The van der Waals surface area contributed by atoms with Gasteiger partial charge in [-0.05, 0) is 31.0 Å². The van der Waals surface area contributed by atoms with Crippen LogP contribution in [0.25, 0.3) is 11.0 Å². The van der Waals surface area contributed by atoms with Gasteiger partial charge in [0, 0.05) is 26.7 Å². The highest BCUT2D eigenvalue weighted by Gasteiger charge is 2.13. The van der Waals surface area contributed by atoms with Gasteiger partial charge >= 0.3 is 0 Å². The molecule has 0 unspecified atom stereocenters. The minimum absolute atomic E-state index is 0.631. The molecule has 1 aromatic heterocycles. The maximum atomic E-state index is 5.72. The van der Waals surface area contributed by atoms with Crippen molar-refractivity contribution >= 4 is 17.0 Å². The zero-order valence-corrected chi connectivity index (χ0v) is 11.5. The highest BCUT2D eigenvalue weighted by Crippen LogP contribution is 2.22. The van der Waals surface area contributed by atoms with E-state index in [1.165, 1.54) is 11.1 Å². The Morgan fingerprint density at radius 3 is 2.83 bits per heavy atom. The van der Waals surface area contributed by atoms with Gasteiger partial charge in [-0.2, -0.15) is 0 Å². The first-order valence-electron chi connectivity index (χ1n) is 6.55. The molecular weight excluding hydrogens is 224 g/mol. The summed E-state index contributed by atoms with van der Waals surface area (Å²) in [6.07, 6.45) is 1.11. The van der Waals surface area contributed by atoms with Crippen molar-refractivity contribution in [2.24, 2.45) is 5.73 Å². The number of imidazole rings is 1. The summed E-state index contributed by atoms with van der Waals surface area (Å²) in [5.74, 6) is 1.02. The molecule has 2 aromatic rings. The van der Waals surface area contributed by atoms with Gasteiger partial charge in [-0.1, -0.05) is 13.0 Å². The zero-order chi connectivity index (χ0) is 13.1. The molecule has 1 heterocycles. The first kappa shape index (κ1) is 12.9. The SMILES string of the molecule is CCCN(C)c1nc2cc(C)ccc2n1CCN. The number of rotatable bonds is 5. The Kier molecular flexibility index (Phi) is 3.87. The summed E-state index contributed by atoms with van der Waals surface area (Å²) in [5.41, 5.74) is 9.18. The van der Waals surface area contributed by atoms with Crippen LogP contribution in [0.5, 0.6) is 0 Å². The summed E-state index contributed by atoms with van der Waals surface area (Å²) < 4.78 is 2.21. The van der Waals surface area contributed by atoms with Crippen molar-refractivity contribution < 1.29 is 0 Å². The molecule has 0 aliphatic rings. The van der Waals surface area contributed by atoms with Crippen LogP contribution >= 0.6 is 0 Å². The molecule has 0 radical (unpaired) electrons. The molecular formula is C14H22N4. The first-order chi connectivity index (χ1) is 8.67. The van der Waals surface area contributed by atoms with Crippen LogP contribution in [0.4, 0.5) is 5.95 Å². The van der Waals surface area contributed by atoms with Crippen molar-refractivity contribution in [1.29, 1.82) is 0 Å². The summed E-state index contributed by atoms with van der Waals surface area (Å²) in [5, 5.41) is 0. The lowest BCUT2D eigenvalue weighted by Crippen LogP contribution is -2.23. The third-order valence-corrected chi connectivity index (χ3v) is 3.14. The van der Waals surface area contributed by atoms with Gasteiger partial charge in [0.25, 0.3) is 0 Å². The predicted octanol–water partition coefficient (Wildman–Crippen LogP) is 2.15. The topological polar surface area (TPSA) is 47.1 Å². The van der Waals surface area contributed by atoms with Crippen LogP contribution in [-0.2, 0) is 6.54 Å². The fourth-order valence-corrected chi connectivity index (χ4v) is 2.30. The second-order valence-corrected chi connectivity index (χ2v) is 4.77. The van der Waals surface area contributed by atoms with Gasteiger partial charge in [0.2, 0.25) is 5.95 Å². The van der Waals surface area contributed by atoms with Gasteiger partial charge in [0.15, 0.2) is 0 Å². The van der Waals surface area contributed by atoms with Crippen LogP contribution in [0.15, 0.2) is 18.2 Å². The lowest BCUT2D eigenvalue weighted by molar-refractivity contribution is 0.699. The molecule has 4 heteroatoms. The molecule has 0 aliphatic carbocycles. The van der Waals surface area contributed by atoms with Crippen molar-refractivity contribution in [1.82, 2.24) is 9.55 Å². The molecule has 98 valence electrons. The van der Waals surface area contributed by atoms with Gasteiger partial charge in [0.1, 0.15) is 0 Å². The summed E-state index contributed by atoms with van der Waals surface area (Å²) in [7, 11) is 2.09. The molecule has 0 bridgehead atoms. The van der Waals surface area contributed by atoms with E-state index in [1.807, 2.05) is 0 Å². The number of anilines is 1. The molecule has 0 aliphatic heterocycles. The van der Waals surface area contributed by atoms with Gasteiger partial charge in [-0.3, -0.25) is 0 Å². The van der Waals surface area contributed by atoms with E-state index in [-0.39, 0.29) is 0 Å². The van der Waals surface area contributed by atoms with Crippen LogP contribution in [0.2, 0.25) is 0 Å². The normalized spacial score (nSPS) is 11.1. The van der Waals surface area contributed by atoms with Crippen LogP contribution in [-0.4, -0.2) is 29.7 Å². The third-order valence-electron chi connectivity index (χ3n) is 3.14. The highest BCUT2D eigenvalue weighted by molar-refractivity contribution is 5.79. The van der Waals surface area contributed by atoms with E-state index < -0.39 is 0 Å². The van der Waals surface area contributed by atoms with Crippen molar-refractivity contribution in [3.05, 3.63) is 23.8 Å². The second-order valence-electron chi connectivity index (χ2n) is 4.77. The van der Waals surface area contributed by atoms with Crippen molar-refractivity contribution in [3.63, 3.8) is 0 Å². The number of aryl methyl sites for hydroxylation is 1. The lowest BCUT2D eigenvalue weighted by Gasteiger charge is -2.18. The molecule has 0 spiro atoms. The maximum Gasteiger partial charge on any atom is 0.206 e. The van der Waals surface area contributed by atoms with E-state index in [0.717, 1.165) is 31.0 Å². The van der Waals surface area contributed by atoms with Crippen LogP contribution in [0.1, 0.15) is 18.9 Å². The Hall–Kier alpha value is -1.55. The molecule has 0 saturated heterocycles. The molecule has 0 amide bonds. The van der Waals surface area contributed by atoms with E-state index in [4.69, 9.17) is 10.7 Å². The van der Waals surface area contributed by atoms with E-state index in [1.54, 1.807) is 0 Å². The Labute approximate surface area is 108 Å². The van der Waals surface area contributed by atoms with Gasteiger partial charge in [-0.25, -0.2) is 4.98 Å². The molecule has 4 nitrogen and oxygen atoms in total. The molecule has 0 fully saturated rings. The van der Waals surface area contributed by atoms with Crippen LogP contribution in [0, 0.1) is 6.92 Å². The lowest BCUT2D eigenvalue weighted by atomic mass is 10.2. The summed E-state index contributed by atoms with van der Waals surface area (Å²) in [4.78, 5) is 6.94. The second kappa shape index (κ2) is 5.40. The number of hydrogen-bond donors (Lipinski definition) is 1. The fourth-order valence-electron chi connectivity index (χ4n) is 2.30. The number of fused-ring (bicyclic) bond motifs is 1. The van der Waals surface area contributed by atoms with Crippen molar-refractivity contribution in [3.8, 4) is 0 Å². The molecule has 0 atom stereocenters. The Morgan fingerprint density at radius 2 is 2.17 bits per heavy atom.